The van der Waals surface area contributed by atoms with E-state index in [2.05, 4.69) is 15.9 Å². The Morgan fingerprint density at radius 1 is 1.40 bits per heavy atom. The lowest BCUT2D eigenvalue weighted by atomic mass is 10.1. The van der Waals surface area contributed by atoms with E-state index >= 15 is 0 Å². The van der Waals surface area contributed by atoms with Crippen LogP contribution in [0.5, 0.6) is 0 Å². The lowest BCUT2D eigenvalue weighted by Crippen LogP contribution is -2.08. The molecule has 0 spiro atoms. The maximum atomic E-state index is 13.2. The molecule has 0 aromatic heterocycles. The molecule has 0 saturated carbocycles. The second kappa shape index (κ2) is 6.18. The molecule has 84 valence electrons. The maximum Gasteiger partial charge on any atom is 0.129 e. The molecule has 0 bridgehead atoms. The van der Waals surface area contributed by atoms with Gasteiger partial charge < -0.3 is 4.74 Å². The average Bonchev–Trinajstić information content (AvgIpc) is 2.17. The van der Waals surface area contributed by atoms with E-state index in [1.165, 1.54) is 12.1 Å². The molecule has 1 rings (SSSR count). The third kappa shape index (κ3) is 4.26. The van der Waals surface area contributed by atoms with Gasteiger partial charge in [-0.15, -0.1) is 0 Å². The number of halogens is 3. The largest absolute Gasteiger partial charge is 0.384 e. The van der Waals surface area contributed by atoms with Gasteiger partial charge in [0, 0.05) is 18.0 Å². The van der Waals surface area contributed by atoms with Crippen LogP contribution < -0.4 is 0 Å². The summed E-state index contributed by atoms with van der Waals surface area (Å²) in [5, 5.41) is 0. The molecule has 0 aliphatic rings. The van der Waals surface area contributed by atoms with Gasteiger partial charge in [0.05, 0.1) is 6.61 Å². The first-order valence-electron chi connectivity index (χ1n) is 4.70. The summed E-state index contributed by atoms with van der Waals surface area (Å²) < 4.78 is 30.7. The minimum Gasteiger partial charge on any atom is -0.384 e. The molecule has 0 amide bonds. The smallest absolute Gasteiger partial charge is 0.129 e. The van der Waals surface area contributed by atoms with Crippen LogP contribution in [0.2, 0.25) is 0 Å². The van der Waals surface area contributed by atoms with Crippen molar-refractivity contribution in [2.45, 2.75) is 17.7 Å². The first-order chi connectivity index (χ1) is 7.13. The van der Waals surface area contributed by atoms with Crippen molar-refractivity contribution in [3.8, 4) is 0 Å². The molecule has 1 aromatic carbocycles. The monoisotopic (exact) mass is 278 g/mol. The number of ether oxygens (including phenoxy) is 1. The molecule has 1 aromatic rings. The minimum absolute atomic E-state index is 0.201. The molecule has 0 saturated heterocycles. The normalized spacial score (nSPS) is 12.8. The van der Waals surface area contributed by atoms with Crippen molar-refractivity contribution in [1.29, 1.82) is 0 Å². The third-order valence-corrected chi connectivity index (χ3v) is 2.81. The molecular formula is C11H13BrF2O. The van der Waals surface area contributed by atoms with Crippen LogP contribution in [0.25, 0.3) is 0 Å². The standard InChI is InChI=1S/C11H13BrF2O/c1-15-7-9(12)4-2-8-3-5-10(13)6-11(8)14/h3,5-6,9H,2,4,7H2,1H3. The van der Waals surface area contributed by atoms with Crippen molar-refractivity contribution in [2.75, 3.05) is 13.7 Å². The SMILES string of the molecule is COCC(Br)CCc1ccc(F)cc1F. The Labute approximate surface area is 96.6 Å². The maximum absolute atomic E-state index is 13.2. The van der Waals surface area contributed by atoms with Gasteiger partial charge in [0.2, 0.25) is 0 Å². The number of benzene rings is 1. The number of hydrogen-bond acceptors (Lipinski definition) is 1. The van der Waals surface area contributed by atoms with Gasteiger partial charge in [-0.05, 0) is 24.5 Å². The van der Waals surface area contributed by atoms with Crippen LogP contribution in [0.15, 0.2) is 18.2 Å². The van der Waals surface area contributed by atoms with Gasteiger partial charge in [-0.2, -0.15) is 0 Å². The molecule has 0 aliphatic carbocycles. The van der Waals surface area contributed by atoms with Crippen molar-refractivity contribution in [3.05, 3.63) is 35.4 Å². The Morgan fingerprint density at radius 2 is 2.13 bits per heavy atom. The summed E-state index contributed by atoms with van der Waals surface area (Å²) in [6, 6.07) is 3.67. The number of aryl methyl sites for hydroxylation is 1. The molecular weight excluding hydrogens is 266 g/mol. The molecule has 1 nitrogen and oxygen atoms in total. The van der Waals surface area contributed by atoms with E-state index in [4.69, 9.17) is 4.74 Å². The summed E-state index contributed by atoms with van der Waals surface area (Å²) in [4.78, 5) is 0.201. The lowest BCUT2D eigenvalue weighted by molar-refractivity contribution is 0.198. The van der Waals surface area contributed by atoms with E-state index in [-0.39, 0.29) is 4.83 Å². The van der Waals surface area contributed by atoms with Crippen LogP contribution in [0.3, 0.4) is 0 Å². The van der Waals surface area contributed by atoms with Crippen molar-refractivity contribution in [3.63, 3.8) is 0 Å². The van der Waals surface area contributed by atoms with Crippen LogP contribution in [-0.2, 0) is 11.2 Å². The van der Waals surface area contributed by atoms with Crippen molar-refractivity contribution in [1.82, 2.24) is 0 Å². The molecule has 0 aliphatic heterocycles. The highest BCUT2D eigenvalue weighted by Gasteiger charge is 2.07. The van der Waals surface area contributed by atoms with Gasteiger partial charge in [-0.1, -0.05) is 22.0 Å². The van der Waals surface area contributed by atoms with E-state index in [9.17, 15) is 8.78 Å². The van der Waals surface area contributed by atoms with Crippen LogP contribution in [0.4, 0.5) is 8.78 Å². The van der Waals surface area contributed by atoms with Gasteiger partial charge in [0.25, 0.3) is 0 Å². The minimum atomic E-state index is -0.538. The number of methoxy groups -OCH3 is 1. The van der Waals surface area contributed by atoms with E-state index < -0.39 is 11.6 Å². The summed E-state index contributed by atoms with van der Waals surface area (Å²) in [6.07, 6.45) is 1.34. The van der Waals surface area contributed by atoms with E-state index in [1.807, 2.05) is 0 Å². The molecule has 1 unspecified atom stereocenters. The molecule has 4 heteroatoms. The summed E-state index contributed by atoms with van der Waals surface area (Å²) >= 11 is 3.41. The van der Waals surface area contributed by atoms with E-state index in [0.29, 0.717) is 18.6 Å². The van der Waals surface area contributed by atoms with Gasteiger partial charge in [0.15, 0.2) is 0 Å². The zero-order valence-electron chi connectivity index (χ0n) is 8.47. The topological polar surface area (TPSA) is 9.23 Å². The average molecular weight is 279 g/mol. The highest BCUT2D eigenvalue weighted by Crippen LogP contribution is 2.15. The Bertz CT molecular complexity index is 317. The quantitative estimate of drug-likeness (QED) is 0.751. The highest BCUT2D eigenvalue weighted by atomic mass is 79.9. The molecule has 0 heterocycles. The molecule has 0 radical (unpaired) electrons. The summed E-state index contributed by atoms with van der Waals surface area (Å²) in [6.45, 7) is 0.586. The molecule has 1 atom stereocenters. The van der Waals surface area contributed by atoms with Crippen LogP contribution >= 0.6 is 15.9 Å². The van der Waals surface area contributed by atoms with Gasteiger partial charge in [-0.25, -0.2) is 8.78 Å². The van der Waals surface area contributed by atoms with Crippen LogP contribution in [0.1, 0.15) is 12.0 Å². The molecule has 0 fully saturated rings. The van der Waals surface area contributed by atoms with Crippen molar-refractivity contribution in [2.24, 2.45) is 0 Å². The summed E-state index contributed by atoms with van der Waals surface area (Å²) in [7, 11) is 1.62. The zero-order valence-corrected chi connectivity index (χ0v) is 10.1. The van der Waals surface area contributed by atoms with E-state index in [1.54, 1.807) is 7.11 Å². The van der Waals surface area contributed by atoms with Crippen molar-refractivity contribution >= 4 is 15.9 Å². The van der Waals surface area contributed by atoms with Gasteiger partial charge >= 0.3 is 0 Å². The fourth-order valence-corrected chi connectivity index (χ4v) is 1.79. The fourth-order valence-electron chi connectivity index (χ4n) is 1.30. The third-order valence-electron chi connectivity index (χ3n) is 2.09. The Kier molecular flexibility index (Phi) is 5.19. The lowest BCUT2D eigenvalue weighted by Gasteiger charge is -2.08. The Balaban J connectivity index is 2.50. The Hall–Kier alpha value is -0.480. The highest BCUT2D eigenvalue weighted by molar-refractivity contribution is 9.09. The van der Waals surface area contributed by atoms with Crippen molar-refractivity contribution < 1.29 is 13.5 Å². The predicted octanol–water partition coefficient (Wildman–Crippen LogP) is 3.31. The van der Waals surface area contributed by atoms with Crippen LogP contribution in [-0.4, -0.2) is 18.5 Å². The van der Waals surface area contributed by atoms with Gasteiger partial charge in [-0.3, -0.25) is 0 Å². The first kappa shape index (κ1) is 12.6. The molecule has 0 N–H and O–H groups in total. The van der Waals surface area contributed by atoms with Crippen LogP contribution in [0, 0.1) is 11.6 Å². The van der Waals surface area contributed by atoms with E-state index in [0.717, 1.165) is 12.5 Å². The molecule has 15 heavy (non-hydrogen) atoms. The zero-order chi connectivity index (χ0) is 11.3. The first-order valence-corrected chi connectivity index (χ1v) is 5.62. The fraction of sp³-hybridized carbons (Fsp3) is 0.455. The summed E-state index contributed by atoms with van der Waals surface area (Å²) in [5.41, 5.74) is 0.539. The second-order valence-corrected chi connectivity index (χ2v) is 4.62. The van der Waals surface area contributed by atoms with Gasteiger partial charge in [0.1, 0.15) is 11.6 Å². The Morgan fingerprint density at radius 3 is 2.73 bits per heavy atom. The number of hydrogen-bond donors (Lipinski definition) is 0. The number of rotatable bonds is 5. The predicted molar refractivity (Wildman–Crippen MR) is 59.3 cm³/mol. The second-order valence-electron chi connectivity index (χ2n) is 3.33. The summed E-state index contributed by atoms with van der Waals surface area (Å²) in [5.74, 6) is -1.02. The number of alkyl halides is 1.